The Kier molecular flexibility index (Phi) is 5.08. The number of ether oxygens (including phenoxy) is 1. The Morgan fingerprint density at radius 2 is 2.00 bits per heavy atom. The fourth-order valence-corrected chi connectivity index (χ4v) is 6.09. The molecule has 7 heteroatoms. The molecule has 3 rings (SSSR count). The topological polar surface area (TPSA) is 63.7 Å². The minimum atomic E-state index is -3.57. The molecule has 0 amide bonds. The molecule has 2 aromatic rings. The van der Waals surface area contributed by atoms with Crippen molar-refractivity contribution in [2.45, 2.75) is 30.1 Å². The van der Waals surface area contributed by atoms with E-state index < -0.39 is 16.1 Å². The van der Waals surface area contributed by atoms with Crippen LogP contribution in [-0.2, 0) is 21.4 Å². The standard InChI is InChI=1S/C18H19NO4S2/c1-3-15(12-20)19-11-14-10-17(24-18(14)25(19,21)22)9-6-13-4-7-16(23-2)8-5-13/h4-10,12,15H,3,11H2,1-2H3. The smallest absolute Gasteiger partial charge is 0.253 e. The van der Waals surface area contributed by atoms with Crippen molar-refractivity contribution in [2.24, 2.45) is 0 Å². The second kappa shape index (κ2) is 7.11. The van der Waals surface area contributed by atoms with Crippen LogP contribution in [0.15, 0.2) is 34.5 Å². The summed E-state index contributed by atoms with van der Waals surface area (Å²) in [5.41, 5.74) is 1.77. The Bertz CT molecular complexity index is 898. The Morgan fingerprint density at radius 3 is 2.56 bits per heavy atom. The number of aldehydes is 1. The summed E-state index contributed by atoms with van der Waals surface area (Å²) in [6.07, 6.45) is 5.02. The largest absolute Gasteiger partial charge is 0.497 e. The monoisotopic (exact) mass is 377 g/mol. The number of methoxy groups -OCH3 is 1. The van der Waals surface area contributed by atoms with Crippen LogP contribution in [0.1, 0.15) is 29.3 Å². The molecule has 0 fully saturated rings. The van der Waals surface area contributed by atoms with E-state index in [1.807, 2.05) is 49.4 Å². The number of nitrogens with zero attached hydrogens (tertiary/aromatic N) is 1. The van der Waals surface area contributed by atoms with Gasteiger partial charge < -0.3 is 9.53 Å². The summed E-state index contributed by atoms with van der Waals surface area (Å²) in [4.78, 5) is 12.0. The van der Waals surface area contributed by atoms with Gasteiger partial charge in [0, 0.05) is 11.4 Å². The van der Waals surface area contributed by atoms with Crippen molar-refractivity contribution < 1.29 is 17.9 Å². The van der Waals surface area contributed by atoms with Crippen LogP contribution in [0.4, 0.5) is 0 Å². The highest BCUT2D eigenvalue weighted by Crippen LogP contribution is 2.39. The van der Waals surface area contributed by atoms with Gasteiger partial charge in [0.25, 0.3) is 10.0 Å². The molecule has 0 saturated carbocycles. The van der Waals surface area contributed by atoms with E-state index in [1.54, 1.807) is 7.11 Å². The van der Waals surface area contributed by atoms with E-state index in [0.29, 0.717) is 16.9 Å². The van der Waals surface area contributed by atoms with Crippen LogP contribution in [0.3, 0.4) is 0 Å². The van der Waals surface area contributed by atoms with E-state index in [2.05, 4.69) is 0 Å². The zero-order valence-electron chi connectivity index (χ0n) is 14.0. The second-order valence-electron chi connectivity index (χ2n) is 5.73. The summed E-state index contributed by atoms with van der Waals surface area (Å²) in [6, 6.07) is 8.91. The van der Waals surface area contributed by atoms with Crippen LogP contribution in [0, 0.1) is 0 Å². The molecule has 0 radical (unpaired) electrons. The van der Waals surface area contributed by atoms with E-state index in [0.717, 1.165) is 21.8 Å². The Balaban J connectivity index is 1.82. The minimum absolute atomic E-state index is 0.266. The van der Waals surface area contributed by atoms with Gasteiger partial charge in [-0.25, -0.2) is 8.42 Å². The molecule has 5 nitrogen and oxygen atoms in total. The number of hydrogen-bond donors (Lipinski definition) is 0. The van der Waals surface area contributed by atoms with Crippen molar-refractivity contribution in [2.75, 3.05) is 7.11 Å². The van der Waals surface area contributed by atoms with Crippen molar-refractivity contribution in [1.29, 1.82) is 0 Å². The zero-order chi connectivity index (χ0) is 18.0. The zero-order valence-corrected chi connectivity index (χ0v) is 15.6. The highest BCUT2D eigenvalue weighted by molar-refractivity contribution is 7.91. The third-order valence-electron chi connectivity index (χ3n) is 4.16. The number of carbonyl (C=O) groups excluding carboxylic acids is 1. The molecule has 0 aliphatic carbocycles. The van der Waals surface area contributed by atoms with E-state index in [9.17, 15) is 13.2 Å². The van der Waals surface area contributed by atoms with E-state index in [1.165, 1.54) is 15.6 Å². The fourth-order valence-electron chi connectivity index (χ4n) is 2.76. The van der Waals surface area contributed by atoms with Crippen LogP contribution in [0.5, 0.6) is 5.75 Å². The van der Waals surface area contributed by atoms with Crippen molar-refractivity contribution in [1.82, 2.24) is 4.31 Å². The minimum Gasteiger partial charge on any atom is -0.497 e. The van der Waals surface area contributed by atoms with E-state index >= 15 is 0 Å². The molecule has 0 N–H and O–H groups in total. The van der Waals surface area contributed by atoms with Crippen LogP contribution in [-0.4, -0.2) is 32.2 Å². The lowest BCUT2D eigenvalue weighted by Crippen LogP contribution is -2.36. The Morgan fingerprint density at radius 1 is 1.28 bits per heavy atom. The highest BCUT2D eigenvalue weighted by atomic mass is 32.2. The lowest BCUT2D eigenvalue weighted by atomic mass is 10.2. The molecule has 132 valence electrons. The molecule has 2 heterocycles. The summed E-state index contributed by atoms with van der Waals surface area (Å²) in [7, 11) is -1.95. The third-order valence-corrected chi connectivity index (χ3v) is 7.73. The molecule has 1 atom stereocenters. The Labute approximate surface area is 151 Å². The Hall–Kier alpha value is -1.96. The molecule has 25 heavy (non-hydrogen) atoms. The molecule has 0 spiro atoms. The first-order valence-electron chi connectivity index (χ1n) is 7.91. The van der Waals surface area contributed by atoms with Gasteiger partial charge in [-0.1, -0.05) is 25.1 Å². The van der Waals surface area contributed by atoms with Crippen LogP contribution >= 0.6 is 11.3 Å². The SMILES string of the molecule is CCC(C=O)N1Cc2cc(C=Cc3ccc(OC)cc3)sc2S1(=O)=O. The lowest BCUT2D eigenvalue weighted by Gasteiger charge is -2.19. The summed E-state index contributed by atoms with van der Waals surface area (Å²) in [5, 5.41) is 0. The molecule has 0 bridgehead atoms. The van der Waals surface area contributed by atoms with Crippen molar-refractivity contribution in [3.05, 3.63) is 46.3 Å². The van der Waals surface area contributed by atoms with Gasteiger partial charge in [-0.2, -0.15) is 4.31 Å². The first kappa shape index (κ1) is 17.8. The molecule has 1 unspecified atom stereocenters. The summed E-state index contributed by atoms with van der Waals surface area (Å²) in [6.45, 7) is 2.08. The van der Waals surface area contributed by atoms with Gasteiger partial charge in [0.1, 0.15) is 16.2 Å². The van der Waals surface area contributed by atoms with Gasteiger partial charge in [0.2, 0.25) is 0 Å². The van der Waals surface area contributed by atoms with Gasteiger partial charge in [0.05, 0.1) is 13.2 Å². The van der Waals surface area contributed by atoms with Gasteiger partial charge in [-0.05, 0) is 41.8 Å². The number of fused-ring (bicyclic) bond motifs is 1. The fraction of sp³-hybridized carbons (Fsp3) is 0.278. The van der Waals surface area contributed by atoms with Crippen LogP contribution in [0.25, 0.3) is 12.2 Å². The molecule has 1 aromatic carbocycles. The normalized spacial score (nSPS) is 17.5. The third kappa shape index (κ3) is 3.40. The van der Waals surface area contributed by atoms with Crippen LogP contribution in [0.2, 0.25) is 0 Å². The number of rotatable bonds is 6. The number of hydrogen-bond acceptors (Lipinski definition) is 5. The second-order valence-corrected chi connectivity index (χ2v) is 8.90. The predicted octanol–water partition coefficient (Wildman–Crippen LogP) is 3.41. The van der Waals surface area contributed by atoms with E-state index in [-0.39, 0.29) is 6.54 Å². The lowest BCUT2D eigenvalue weighted by molar-refractivity contribution is -0.111. The van der Waals surface area contributed by atoms with Crippen LogP contribution < -0.4 is 4.74 Å². The maximum Gasteiger partial charge on any atom is 0.253 e. The highest BCUT2D eigenvalue weighted by Gasteiger charge is 2.40. The average Bonchev–Trinajstić information content (AvgIpc) is 3.13. The number of carbonyl (C=O) groups is 1. The van der Waals surface area contributed by atoms with Crippen molar-refractivity contribution in [3.8, 4) is 5.75 Å². The quantitative estimate of drug-likeness (QED) is 0.724. The number of thiophene rings is 1. The van der Waals surface area contributed by atoms with Crippen molar-refractivity contribution >= 4 is 39.8 Å². The maximum absolute atomic E-state index is 12.6. The molecule has 0 saturated heterocycles. The molecular formula is C18H19NO4S2. The summed E-state index contributed by atoms with van der Waals surface area (Å²) in [5.74, 6) is 0.791. The first-order valence-corrected chi connectivity index (χ1v) is 10.2. The van der Waals surface area contributed by atoms with E-state index in [4.69, 9.17) is 4.74 Å². The van der Waals surface area contributed by atoms with Gasteiger partial charge in [0.15, 0.2) is 0 Å². The van der Waals surface area contributed by atoms with Gasteiger partial charge >= 0.3 is 0 Å². The van der Waals surface area contributed by atoms with Crippen molar-refractivity contribution in [3.63, 3.8) is 0 Å². The molecule has 1 aromatic heterocycles. The maximum atomic E-state index is 12.6. The average molecular weight is 377 g/mol. The molecule has 1 aliphatic rings. The van der Waals surface area contributed by atoms with Gasteiger partial charge in [-0.15, -0.1) is 11.3 Å². The first-order chi connectivity index (χ1) is 12.0. The molecular weight excluding hydrogens is 358 g/mol. The predicted molar refractivity (Wildman–Crippen MR) is 99.1 cm³/mol. The van der Waals surface area contributed by atoms with Gasteiger partial charge in [-0.3, -0.25) is 0 Å². The number of sulfonamides is 1. The summed E-state index contributed by atoms with van der Waals surface area (Å²) < 4.78 is 32.0. The number of benzene rings is 1. The summed E-state index contributed by atoms with van der Waals surface area (Å²) >= 11 is 1.24. The molecule has 1 aliphatic heterocycles.